The summed E-state index contributed by atoms with van der Waals surface area (Å²) in [6.07, 6.45) is 0. The number of anilines is 1. The van der Waals surface area contributed by atoms with E-state index in [1.807, 2.05) is 38.1 Å². The quantitative estimate of drug-likeness (QED) is 0.665. The molecule has 1 aliphatic rings. The smallest absolute Gasteiger partial charge is 0.348 e. The second kappa shape index (κ2) is 7.13. The third-order valence-corrected chi connectivity index (χ3v) is 6.31. The van der Waals surface area contributed by atoms with Crippen LogP contribution in [-0.4, -0.2) is 23.5 Å². The van der Waals surface area contributed by atoms with Gasteiger partial charge in [0.15, 0.2) is 11.7 Å². The van der Waals surface area contributed by atoms with Gasteiger partial charge in [0.25, 0.3) is 5.91 Å². The molecule has 0 fully saturated rings. The minimum atomic E-state index is -0.520. The molecule has 138 valence electrons. The maximum atomic E-state index is 12.3. The SMILES string of the molecule is Cc1nc(NC(=O)COC(=O)c2cc3c(s2)-c2ccccc2OC3)sc1C. The minimum absolute atomic E-state index is 0.355. The lowest BCUT2D eigenvalue weighted by Gasteiger charge is -2.16. The van der Waals surface area contributed by atoms with Crippen LogP contribution in [0.25, 0.3) is 10.4 Å². The number of hydrogen-bond acceptors (Lipinski definition) is 7. The van der Waals surface area contributed by atoms with Crippen molar-refractivity contribution in [3.8, 4) is 16.2 Å². The van der Waals surface area contributed by atoms with Crippen LogP contribution in [-0.2, 0) is 16.1 Å². The van der Waals surface area contributed by atoms with E-state index in [9.17, 15) is 9.59 Å². The van der Waals surface area contributed by atoms with Gasteiger partial charge in [-0.15, -0.1) is 22.7 Å². The van der Waals surface area contributed by atoms with Gasteiger partial charge in [0, 0.05) is 20.9 Å². The van der Waals surface area contributed by atoms with E-state index in [0.29, 0.717) is 16.6 Å². The van der Waals surface area contributed by atoms with Crippen molar-refractivity contribution in [2.45, 2.75) is 20.5 Å². The molecular weight excluding hydrogens is 384 g/mol. The Kier molecular flexibility index (Phi) is 4.67. The summed E-state index contributed by atoms with van der Waals surface area (Å²) in [6.45, 7) is 3.87. The molecule has 4 rings (SSSR count). The van der Waals surface area contributed by atoms with Crippen LogP contribution in [0.4, 0.5) is 5.13 Å². The summed E-state index contributed by atoms with van der Waals surface area (Å²) in [5, 5.41) is 3.15. The van der Waals surface area contributed by atoms with Gasteiger partial charge in [-0.25, -0.2) is 9.78 Å². The number of thiazole rings is 1. The largest absolute Gasteiger partial charge is 0.488 e. The number of ether oxygens (including phenoxy) is 2. The summed E-state index contributed by atoms with van der Waals surface area (Å²) in [7, 11) is 0. The van der Waals surface area contributed by atoms with Crippen LogP contribution in [0.15, 0.2) is 30.3 Å². The van der Waals surface area contributed by atoms with Crippen LogP contribution in [0.5, 0.6) is 5.75 Å². The Morgan fingerprint density at radius 3 is 2.85 bits per heavy atom. The first-order chi connectivity index (χ1) is 13.0. The summed E-state index contributed by atoms with van der Waals surface area (Å²) >= 11 is 2.74. The molecule has 1 amide bonds. The minimum Gasteiger partial charge on any atom is -0.488 e. The number of para-hydroxylation sites is 1. The fraction of sp³-hybridized carbons (Fsp3) is 0.211. The van der Waals surface area contributed by atoms with Gasteiger partial charge < -0.3 is 9.47 Å². The Balaban J connectivity index is 1.41. The van der Waals surface area contributed by atoms with Crippen LogP contribution in [0.1, 0.15) is 25.8 Å². The summed E-state index contributed by atoms with van der Waals surface area (Å²) in [5.41, 5.74) is 2.79. The number of fused-ring (bicyclic) bond motifs is 3. The fourth-order valence-corrected chi connectivity index (χ4v) is 4.61. The lowest BCUT2D eigenvalue weighted by Crippen LogP contribution is -2.20. The Morgan fingerprint density at radius 2 is 2.07 bits per heavy atom. The van der Waals surface area contributed by atoms with E-state index in [0.717, 1.165) is 32.3 Å². The number of aromatic nitrogens is 1. The molecular formula is C19H16N2O4S2. The molecule has 0 spiro atoms. The number of amides is 1. The van der Waals surface area contributed by atoms with E-state index in [-0.39, 0.29) is 6.61 Å². The number of esters is 1. The van der Waals surface area contributed by atoms with E-state index < -0.39 is 11.9 Å². The zero-order valence-corrected chi connectivity index (χ0v) is 16.3. The molecule has 1 aromatic carbocycles. The molecule has 0 aliphatic carbocycles. The second-order valence-electron chi connectivity index (χ2n) is 6.03. The van der Waals surface area contributed by atoms with E-state index in [4.69, 9.17) is 9.47 Å². The van der Waals surface area contributed by atoms with Crippen molar-refractivity contribution in [1.82, 2.24) is 4.98 Å². The van der Waals surface area contributed by atoms with Crippen molar-refractivity contribution in [3.05, 3.63) is 51.3 Å². The highest BCUT2D eigenvalue weighted by Crippen LogP contribution is 2.42. The number of benzene rings is 1. The Bertz CT molecular complexity index is 1020. The summed E-state index contributed by atoms with van der Waals surface area (Å²) in [5.74, 6) is -0.124. The van der Waals surface area contributed by atoms with Gasteiger partial charge in [0.2, 0.25) is 0 Å². The van der Waals surface area contributed by atoms with E-state index >= 15 is 0 Å². The number of rotatable bonds is 4. The third-order valence-electron chi connectivity index (χ3n) is 4.13. The van der Waals surface area contributed by atoms with Gasteiger partial charge in [0.05, 0.1) is 5.69 Å². The predicted molar refractivity (Wildman–Crippen MR) is 105 cm³/mol. The van der Waals surface area contributed by atoms with Crippen LogP contribution < -0.4 is 10.1 Å². The Morgan fingerprint density at radius 1 is 1.26 bits per heavy atom. The Labute approximate surface area is 163 Å². The molecule has 2 aromatic heterocycles. The molecule has 1 N–H and O–H groups in total. The number of carbonyl (C=O) groups is 2. The molecule has 6 nitrogen and oxygen atoms in total. The standard InChI is InChI=1S/C19H16N2O4S2/c1-10-11(2)26-19(20-10)21-16(22)9-25-18(23)15-7-12-8-24-14-6-4-3-5-13(14)17(12)27-15/h3-7H,8-9H2,1-2H3,(H,20,21,22). The first kappa shape index (κ1) is 17.7. The number of nitrogens with zero attached hydrogens (tertiary/aromatic N) is 1. The topological polar surface area (TPSA) is 77.5 Å². The molecule has 0 bridgehead atoms. The summed E-state index contributed by atoms with van der Waals surface area (Å²) in [6, 6.07) is 9.48. The zero-order valence-electron chi connectivity index (χ0n) is 14.7. The maximum Gasteiger partial charge on any atom is 0.348 e. The second-order valence-corrected chi connectivity index (χ2v) is 8.29. The molecule has 0 saturated heterocycles. The van der Waals surface area contributed by atoms with Crippen molar-refractivity contribution < 1.29 is 19.1 Å². The lowest BCUT2D eigenvalue weighted by atomic mass is 10.1. The van der Waals surface area contributed by atoms with Crippen molar-refractivity contribution in [1.29, 1.82) is 0 Å². The van der Waals surface area contributed by atoms with Gasteiger partial charge in [-0.1, -0.05) is 12.1 Å². The third kappa shape index (κ3) is 3.58. The number of aryl methyl sites for hydroxylation is 2. The molecule has 0 atom stereocenters. The zero-order chi connectivity index (χ0) is 19.0. The fourth-order valence-electron chi connectivity index (χ4n) is 2.68. The van der Waals surface area contributed by atoms with Gasteiger partial charge in [-0.05, 0) is 32.0 Å². The highest BCUT2D eigenvalue weighted by Gasteiger charge is 2.23. The number of hydrogen-bond donors (Lipinski definition) is 1. The van der Waals surface area contributed by atoms with E-state index in [2.05, 4.69) is 10.3 Å². The van der Waals surface area contributed by atoms with Gasteiger partial charge in [0.1, 0.15) is 17.2 Å². The normalized spacial score (nSPS) is 11.9. The molecule has 3 aromatic rings. The van der Waals surface area contributed by atoms with Crippen LogP contribution >= 0.6 is 22.7 Å². The van der Waals surface area contributed by atoms with E-state index in [1.54, 1.807) is 6.07 Å². The summed E-state index contributed by atoms with van der Waals surface area (Å²) in [4.78, 5) is 31.1. The molecule has 0 saturated carbocycles. The maximum absolute atomic E-state index is 12.3. The highest BCUT2D eigenvalue weighted by molar-refractivity contribution is 7.17. The molecule has 8 heteroatoms. The van der Waals surface area contributed by atoms with Crippen LogP contribution in [0, 0.1) is 13.8 Å². The number of thiophene rings is 1. The highest BCUT2D eigenvalue weighted by atomic mass is 32.1. The molecule has 0 unspecified atom stereocenters. The number of carbonyl (C=O) groups excluding carboxylic acids is 2. The Hall–Kier alpha value is -2.71. The molecule has 27 heavy (non-hydrogen) atoms. The van der Waals surface area contributed by atoms with Crippen LogP contribution in [0.2, 0.25) is 0 Å². The molecule has 1 aliphatic heterocycles. The lowest BCUT2D eigenvalue weighted by molar-refractivity contribution is -0.119. The summed E-state index contributed by atoms with van der Waals surface area (Å²) < 4.78 is 10.9. The average molecular weight is 400 g/mol. The molecule has 0 radical (unpaired) electrons. The van der Waals surface area contributed by atoms with E-state index in [1.165, 1.54) is 22.7 Å². The van der Waals surface area contributed by atoms with Crippen molar-refractivity contribution in [3.63, 3.8) is 0 Å². The van der Waals surface area contributed by atoms with Crippen molar-refractivity contribution in [2.75, 3.05) is 11.9 Å². The van der Waals surface area contributed by atoms with Crippen molar-refractivity contribution in [2.24, 2.45) is 0 Å². The first-order valence-corrected chi connectivity index (χ1v) is 9.90. The monoisotopic (exact) mass is 400 g/mol. The van der Waals surface area contributed by atoms with Gasteiger partial charge in [-0.3, -0.25) is 10.1 Å². The average Bonchev–Trinajstić information content (AvgIpc) is 3.23. The number of nitrogens with one attached hydrogen (secondary N) is 1. The predicted octanol–water partition coefficient (Wildman–Crippen LogP) is 4.18. The first-order valence-electron chi connectivity index (χ1n) is 8.27. The van der Waals surface area contributed by atoms with Gasteiger partial charge in [-0.2, -0.15) is 0 Å². The molecule has 3 heterocycles. The van der Waals surface area contributed by atoms with Crippen molar-refractivity contribution >= 4 is 39.7 Å². The van der Waals surface area contributed by atoms with Gasteiger partial charge >= 0.3 is 5.97 Å². The van der Waals surface area contributed by atoms with Crippen LogP contribution in [0.3, 0.4) is 0 Å².